The monoisotopic (exact) mass is 321 g/mol. The lowest BCUT2D eigenvalue weighted by Gasteiger charge is -2.45. The standard InChI is InChI=1S/C17H23NO5/c1-9-7-12(22-15(9)20)11-3-4-13-17(6-5-14(19)18(11)13)8-10(2)16(21)23-17/h9-13H,3-8H2,1-2H3. The maximum Gasteiger partial charge on any atom is 0.309 e. The van der Waals surface area contributed by atoms with Crippen LogP contribution < -0.4 is 0 Å². The van der Waals surface area contributed by atoms with Crippen LogP contribution in [-0.4, -0.2) is 46.5 Å². The van der Waals surface area contributed by atoms with E-state index in [1.54, 1.807) is 0 Å². The molecule has 23 heavy (non-hydrogen) atoms. The van der Waals surface area contributed by atoms with E-state index < -0.39 is 5.60 Å². The fourth-order valence-electron chi connectivity index (χ4n) is 4.99. The summed E-state index contributed by atoms with van der Waals surface area (Å²) in [6.07, 6.45) is 3.81. The summed E-state index contributed by atoms with van der Waals surface area (Å²) in [6.45, 7) is 3.76. The summed E-state index contributed by atoms with van der Waals surface area (Å²) in [5.41, 5.74) is -0.520. The first-order valence-corrected chi connectivity index (χ1v) is 8.66. The van der Waals surface area contributed by atoms with Gasteiger partial charge in [0.1, 0.15) is 11.7 Å². The third-order valence-corrected chi connectivity index (χ3v) is 6.13. The Kier molecular flexibility index (Phi) is 3.22. The number of carbonyl (C=O) groups is 3. The van der Waals surface area contributed by atoms with Gasteiger partial charge in [0.15, 0.2) is 0 Å². The minimum Gasteiger partial charge on any atom is -0.460 e. The highest BCUT2D eigenvalue weighted by atomic mass is 16.6. The third-order valence-electron chi connectivity index (χ3n) is 6.13. The summed E-state index contributed by atoms with van der Waals surface area (Å²) in [5.74, 6) is -0.415. The Morgan fingerprint density at radius 2 is 1.87 bits per heavy atom. The molecular formula is C17H23NO5. The summed E-state index contributed by atoms with van der Waals surface area (Å²) >= 11 is 0. The molecule has 0 aromatic rings. The Bertz CT molecular complexity index is 575. The zero-order valence-electron chi connectivity index (χ0n) is 13.6. The Balaban J connectivity index is 1.60. The maximum absolute atomic E-state index is 12.6. The van der Waals surface area contributed by atoms with Gasteiger partial charge >= 0.3 is 11.9 Å². The van der Waals surface area contributed by atoms with E-state index in [0.29, 0.717) is 25.7 Å². The molecule has 6 nitrogen and oxygen atoms in total. The molecule has 4 aliphatic rings. The number of rotatable bonds is 1. The molecule has 1 spiro atoms. The van der Waals surface area contributed by atoms with Crippen molar-refractivity contribution in [3.63, 3.8) is 0 Å². The quantitative estimate of drug-likeness (QED) is 0.683. The lowest BCUT2D eigenvalue weighted by molar-refractivity contribution is -0.170. The minimum atomic E-state index is -0.520. The lowest BCUT2D eigenvalue weighted by atomic mass is 9.80. The van der Waals surface area contributed by atoms with Crippen LogP contribution >= 0.6 is 0 Å². The molecule has 6 unspecified atom stereocenters. The van der Waals surface area contributed by atoms with Gasteiger partial charge < -0.3 is 14.4 Å². The number of carbonyl (C=O) groups excluding carboxylic acids is 3. The largest absolute Gasteiger partial charge is 0.460 e. The van der Waals surface area contributed by atoms with Gasteiger partial charge in [-0.05, 0) is 25.7 Å². The van der Waals surface area contributed by atoms with Gasteiger partial charge in [0, 0.05) is 12.8 Å². The van der Waals surface area contributed by atoms with Crippen molar-refractivity contribution in [2.24, 2.45) is 11.8 Å². The van der Waals surface area contributed by atoms with Gasteiger partial charge in [0.2, 0.25) is 5.91 Å². The van der Waals surface area contributed by atoms with Gasteiger partial charge in [0.05, 0.1) is 23.9 Å². The Morgan fingerprint density at radius 1 is 1.09 bits per heavy atom. The van der Waals surface area contributed by atoms with Crippen molar-refractivity contribution in [1.29, 1.82) is 0 Å². The van der Waals surface area contributed by atoms with E-state index in [-0.39, 0.29) is 47.9 Å². The average Bonchev–Trinajstić information content (AvgIpc) is 3.15. The second-order valence-electron chi connectivity index (χ2n) is 7.66. The molecule has 0 saturated carbocycles. The van der Waals surface area contributed by atoms with Crippen molar-refractivity contribution >= 4 is 17.8 Å². The van der Waals surface area contributed by atoms with Gasteiger partial charge in [-0.25, -0.2) is 0 Å². The molecule has 6 atom stereocenters. The molecule has 0 radical (unpaired) electrons. The molecular weight excluding hydrogens is 298 g/mol. The van der Waals surface area contributed by atoms with Crippen LogP contribution in [0, 0.1) is 11.8 Å². The van der Waals surface area contributed by atoms with Crippen LogP contribution in [0.1, 0.15) is 52.4 Å². The van der Waals surface area contributed by atoms with Crippen LogP contribution in [0.15, 0.2) is 0 Å². The van der Waals surface area contributed by atoms with E-state index in [1.165, 1.54) is 0 Å². The number of hydrogen-bond acceptors (Lipinski definition) is 5. The predicted molar refractivity (Wildman–Crippen MR) is 79.2 cm³/mol. The number of hydrogen-bond donors (Lipinski definition) is 0. The maximum atomic E-state index is 12.6. The lowest BCUT2D eigenvalue weighted by Crippen LogP contribution is -2.59. The van der Waals surface area contributed by atoms with E-state index >= 15 is 0 Å². The van der Waals surface area contributed by atoms with Crippen LogP contribution in [0.2, 0.25) is 0 Å². The molecule has 1 amide bonds. The SMILES string of the molecule is CC1CC(C2CCC3N2C(=O)CCC32CC(C)C(=O)O2)OC1=O. The van der Waals surface area contributed by atoms with Gasteiger partial charge in [-0.1, -0.05) is 13.8 Å². The Hall–Kier alpha value is -1.59. The summed E-state index contributed by atoms with van der Waals surface area (Å²) in [4.78, 5) is 38.1. The third kappa shape index (κ3) is 2.10. The van der Waals surface area contributed by atoms with E-state index in [0.717, 1.165) is 12.8 Å². The molecule has 0 bridgehead atoms. The Morgan fingerprint density at radius 3 is 2.48 bits per heavy atom. The number of ether oxygens (including phenoxy) is 2. The highest BCUT2D eigenvalue weighted by molar-refractivity contribution is 5.81. The average molecular weight is 321 g/mol. The van der Waals surface area contributed by atoms with Gasteiger partial charge in [-0.2, -0.15) is 0 Å². The van der Waals surface area contributed by atoms with Gasteiger partial charge in [-0.3, -0.25) is 14.4 Å². The number of fused-ring (bicyclic) bond motifs is 2. The summed E-state index contributed by atoms with van der Waals surface area (Å²) in [6, 6.07) is -0.120. The van der Waals surface area contributed by atoms with Crippen molar-refractivity contribution in [3.8, 4) is 0 Å². The molecule has 4 fully saturated rings. The van der Waals surface area contributed by atoms with Crippen molar-refractivity contribution in [1.82, 2.24) is 4.90 Å². The van der Waals surface area contributed by atoms with Gasteiger partial charge in [-0.15, -0.1) is 0 Å². The number of esters is 2. The van der Waals surface area contributed by atoms with Crippen molar-refractivity contribution in [2.75, 3.05) is 0 Å². The smallest absolute Gasteiger partial charge is 0.309 e. The van der Waals surface area contributed by atoms with Gasteiger partial charge in [0.25, 0.3) is 0 Å². The van der Waals surface area contributed by atoms with Crippen LogP contribution in [0.3, 0.4) is 0 Å². The molecule has 6 heteroatoms. The van der Waals surface area contributed by atoms with Crippen LogP contribution in [-0.2, 0) is 23.9 Å². The molecule has 0 aromatic carbocycles. The predicted octanol–water partition coefficient (Wildman–Crippen LogP) is 1.41. The summed E-state index contributed by atoms with van der Waals surface area (Å²) in [7, 11) is 0. The van der Waals surface area contributed by atoms with E-state index in [1.807, 2.05) is 18.7 Å². The zero-order valence-corrected chi connectivity index (χ0v) is 13.6. The van der Waals surface area contributed by atoms with Crippen molar-refractivity contribution < 1.29 is 23.9 Å². The van der Waals surface area contributed by atoms with Crippen LogP contribution in [0.25, 0.3) is 0 Å². The number of amides is 1. The molecule has 0 aliphatic carbocycles. The number of piperidine rings is 1. The highest BCUT2D eigenvalue weighted by Gasteiger charge is 2.60. The summed E-state index contributed by atoms with van der Waals surface area (Å²) in [5, 5.41) is 0. The number of nitrogens with zero attached hydrogens (tertiary/aromatic N) is 1. The normalized spacial score (nSPS) is 46.3. The van der Waals surface area contributed by atoms with Crippen molar-refractivity contribution in [3.05, 3.63) is 0 Å². The Labute approximate surface area is 135 Å². The fraction of sp³-hybridized carbons (Fsp3) is 0.824. The molecule has 4 saturated heterocycles. The second-order valence-corrected chi connectivity index (χ2v) is 7.66. The zero-order chi connectivity index (χ0) is 16.4. The first-order valence-electron chi connectivity index (χ1n) is 8.66. The molecule has 4 aliphatic heterocycles. The molecule has 4 heterocycles. The molecule has 0 N–H and O–H groups in total. The topological polar surface area (TPSA) is 72.9 Å². The molecule has 4 rings (SSSR count). The first kappa shape index (κ1) is 15.0. The first-order chi connectivity index (χ1) is 10.9. The number of cyclic esters (lactones) is 1. The van der Waals surface area contributed by atoms with E-state index in [4.69, 9.17) is 9.47 Å². The van der Waals surface area contributed by atoms with Crippen LogP contribution in [0.5, 0.6) is 0 Å². The molecule has 0 aromatic heterocycles. The second kappa shape index (κ2) is 4.95. The highest BCUT2D eigenvalue weighted by Crippen LogP contribution is 2.49. The van der Waals surface area contributed by atoms with Crippen molar-refractivity contribution in [2.45, 2.75) is 76.2 Å². The minimum absolute atomic E-state index is 0.0581. The van der Waals surface area contributed by atoms with E-state index in [2.05, 4.69) is 0 Å². The van der Waals surface area contributed by atoms with Crippen LogP contribution in [0.4, 0.5) is 0 Å². The molecule has 126 valence electrons. The fourth-order valence-corrected chi connectivity index (χ4v) is 4.99. The summed E-state index contributed by atoms with van der Waals surface area (Å²) < 4.78 is 11.3. The van der Waals surface area contributed by atoms with E-state index in [9.17, 15) is 14.4 Å².